The monoisotopic (exact) mass is 1040 g/mol. The molecule has 0 unspecified atom stereocenters. The molecule has 0 aliphatic heterocycles. The summed E-state index contributed by atoms with van der Waals surface area (Å²) < 4.78 is 0. The molecule has 0 spiro atoms. The standard InChI is InChI=1S/3C18H37NO.C8H23N5/c3*1-2-3-4-5-6-7-8-9-10-11-12-13-14-15-16-17-18(19)20;9-1-3-11-5-7-13-8-6-12-4-2-10/h3*2-17H2,1H3,(H2,19,20);11-13H,1-10H2. The van der Waals surface area contributed by atoms with Crippen molar-refractivity contribution in [3.05, 3.63) is 0 Å². The quantitative estimate of drug-likeness (QED) is 0.0273. The number of primary amides is 3. The number of nitrogens with two attached hydrogens (primary N) is 5. The molecule has 0 aromatic carbocycles. The van der Waals surface area contributed by atoms with Crippen LogP contribution >= 0.6 is 0 Å². The minimum Gasteiger partial charge on any atom is -0.370 e. The normalized spacial score (nSPS) is 10.8. The molecule has 0 heterocycles. The number of rotatable bonds is 58. The van der Waals surface area contributed by atoms with Crippen molar-refractivity contribution in [2.75, 3.05) is 52.4 Å². The van der Waals surface area contributed by atoms with E-state index in [2.05, 4.69) is 36.7 Å². The lowest BCUT2D eigenvalue weighted by Gasteiger charge is -2.06. The van der Waals surface area contributed by atoms with E-state index in [-0.39, 0.29) is 17.7 Å². The molecule has 11 nitrogen and oxygen atoms in total. The maximum absolute atomic E-state index is 10.6. The summed E-state index contributed by atoms with van der Waals surface area (Å²) in [7, 11) is 0. The fraction of sp³-hybridized carbons (Fsp3) is 0.952. The first-order valence-electron chi connectivity index (χ1n) is 32.1. The Kier molecular flexibility index (Phi) is 81.7. The van der Waals surface area contributed by atoms with Crippen LogP contribution in [0.5, 0.6) is 0 Å². The Morgan fingerprint density at radius 2 is 0.370 bits per heavy atom. The lowest BCUT2D eigenvalue weighted by atomic mass is 10.0. The van der Waals surface area contributed by atoms with Crippen LogP contribution in [-0.4, -0.2) is 70.1 Å². The Hall–Kier alpha value is -1.79. The van der Waals surface area contributed by atoms with Gasteiger partial charge in [0.05, 0.1) is 0 Å². The van der Waals surface area contributed by atoms with Gasteiger partial charge >= 0.3 is 0 Å². The topological polar surface area (TPSA) is 217 Å². The molecular weight excluding hydrogens is 905 g/mol. The van der Waals surface area contributed by atoms with Gasteiger partial charge in [0.15, 0.2) is 0 Å². The van der Waals surface area contributed by atoms with Crippen LogP contribution in [0.3, 0.4) is 0 Å². The number of amides is 3. The molecule has 0 saturated carbocycles. The first kappa shape index (κ1) is 77.7. The van der Waals surface area contributed by atoms with Crippen LogP contribution in [0.25, 0.3) is 0 Å². The molecule has 13 N–H and O–H groups in total. The van der Waals surface area contributed by atoms with E-state index in [1.807, 2.05) is 0 Å². The zero-order valence-corrected chi connectivity index (χ0v) is 49.7. The SMILES string of the molecule is CCCCCCCCCCCCCCCCCC(N)=O.CCCCCCCCCCCCCCCCCC(N)=O.CCCCCCCCCCCCCCCCCC(N)=O.NCCNCCNCCNCCN. The first-order valence-corrected chi connectivity index (χ1v) is 32.1. The second-order valence-electron chi connectivity index (χ2n) is 21.3. The third-order valence-corrected chi connectivity index (χ3v) is 13.7. The Morgan fingerprint density at radius 1 is 0.233 bits per heavy atom. The first-order chi connectivity index (χ1) is 35.7. The smallest absolute Gasteiger partial charge is 0.217 e. The Bertz CT molecular complexity index is 892. The highest BCUT2D eigenvalue weighted by molar-refractivity contribution is 5.74. The van der Waals surface area contributed by atoms with Gasteiger partial charge in [0.2, 0.25) is 17.7 Å². The van der Waals surface area contributed by atoms with E-state index in [1.54, 1.807) is 0 Å². The molecule has 0 bridgehead atoms. The molecule has 0 saturated heterocycles. The number of nitrogens with one attached hydrogen (secondary N) is 3. The summed E-state index contributed by atoms with van der Waals surface area (Å²) in [6.07, 6.45) is 62.6. The minimum atomic E-state index is -0.153. The molecule has 0 aliphatic carbocycles. The van der Waals surface area contributed by atoms with Crippen molar-refractivity contribution in [3.8, 4) is 0 Å². The minimum absolute atomic E-state index is 0.153. The predicted molar refractivity (Wildman–Crippen MR) is 323 cm³/mol. The summed E-state index contributed by atoms with van der Waals surface area (Å²) in [6.45, 7) is 14.0. The van der Waals surface area contributed by atoms with Crippen molar-refractivity contribution in [2.45, 2.75) is 329 Å². The maximum Gasteiger partial charge on any atom is 0.217 e. The molecule has 3 amide bonds. The highest BCUT2D eigenvalue weighted by Gasteiger charge is 2.00. The summed E-state index contributed by atoms with van der Waals surface area (Å²) in [4.78, 5) is 31.7. The van der Waals surface area contributed by atoms with E-state index in [4.69, 9.17) is 28.7 Å². The summed E-state index contributed by atoms with van der Waals surface area (Å²) >= 11 is 0. The van der Waals surface area contributed by atoms with E-state index in [0.717, 1.165) is 58.5 Å². The van der Waals surface area contributed by atoms with E-state index < -0.39 is 0 Å². The van der Waals surface area contributed by atoms with Crippen LogP contribution in [0, 0.1) is 0 Å². The van der Waals surface area contributed by atoms with Gasteiger partial charge in [0.25, 0.3) is 0 Å². The zero-order valence-electron chi connectivity index (χ0n) is 49.7. The lowest BCUT2D eigenvalue weighted by Crippen LogP contribution is -2.35. The second kappa shape index (κ2) is 76.7. The van der Waals surface area contributed by atoms with E-state index in [1.165, 1.54) is 270 Å². The summed E-state index contributed by atoms with van der Waals surface area (Å²) in [5.74, 6) is -0.459. The van der Waals surface area contributed by atoms with Crippen molar-refractivity contribution in [1.29, 1.82) is 0 Å². The molecule has 440 valence electrons. The fourth-order valence-electron chi connectivity index (χ4n) is 8.94. The Balaban J connectivity index is -0.000000440. The van der Waals surface area contributed by atoms with Gasteiger partial charge in [-0.25, -0.2) is 0 Å². The van der Waals surface area contributed by atoms with Crippen molar-refractivity contribution >= 4 is 17.7 Å². The van der Waals surface area contributed by atoms with Crippen LogP contribution in [0.2, 0.25) is 0 Å². The van der Waals surface area contributed by atoms with Gasteiger partial charge in [-0.3, -0.25) is 14.4 Å². The Labute approximate surface area is 456 Å². The second-order valence-corrected chi connectivity index (χ2v) is 21.3. The molecule has 0 atom stereocenters. The molecule has 11 heteroatoms. The van der Waals surface area contributed by atoms with Crippen LogP contribution in [-0.2, 0) is 14.4 Å². The highest BCUT2D eigenvalue weighted by atomic mass is 16.1. The van der Waals surface area contributed by atoms with Gasteiger partial charge in [-0.05, 0) is 19.3 Å². The van der Waals surface area contributed by atoms with E-state index in [0.29, 0.717) is 32.4 Å². The molecule has 0 aromatic heterocycles. The Morgan fingerprint density at radius 3 is 0.507 bits per heavy atom. The third-order valence-electron chi connectivity index (χ3n) is 13.7. The largest absolute Gasteiger partial charge is 0.370 e. The van der Waals surface area contributed by atoms with Crippen LogP contribution < -0.4 is 44.6 Å². The zero-order chi connectivity index (χ0) is 54.5. The van der Waals surface area contributed by atoms with Gasteiger partial charge in [-0.2, -0.15) is 0 Å². The van der Waals surface area contributed by atoms with Gasteiger partial charge in [0, 0.05) is 71.6 Å². The predicted octanol–water partition coefficient (Wildman–Crippen LogP) is 14.9. The summed E-state index contributed by atoms with van der Waals surface area (Å²) in [6, 6.07) is 0. The van der Waals surface area contributed by atoms with Crippen LogP contribution in [0.15, 0.2) is 0 Å². The van der Waals surface area contributed by atoms with E-state index >= 15 is 0 Å². The molecule has 0 radical (unpaired) electrons. The molecule has 73 heavy (non-hydrogen) atoms. The molecule has 0 aromatic rings. The molecule has 0 aliphatic rings. The lowest BCUT2D eigenvalue weighted by molar-refractivity contribution is -0.119. The molecule has 0 fully saturated rings. The van der Waals surface area contributed by atoms with Crippen molar-refractivity contribution in [2.24, 2.45) is 28.7 Å². The number of hydrogen-bond acceptors (Lipinski definition) is 8. The van der Waals surface area contributed by atoms with Crippen molar-refractivity contribution in [3.63, 3.8) is 0 Å². The molecule has 0 rings (SSSR count). The fourth-order valence-corrected chi connectivity index (χ4v) is 8.94. The van der Waals surface area contributed by atoms with E-state index in [9.17, 15) is 14.4 Å². The maximum atomic E-state index is 10.6. The van der Waals surface area contributed by atoms with Gasteiger partial charge in [-0.1, -0.05) is 290 Å². The third kappa shape index (κ3) is 93.2. The van der Waals surface area contributed by atoms with Gasteiger partial charge in [-0.15, -0.1) is 0 Å². The average Bonchev–Trinajstić information content (AvgIpc) is 3.37. The highest BCUT2D eigenvalue weighted by Crippen LogP contribution is 2.16. The van der Waals surface area contributed by atoms with Gasteiger partial charge in [0.1, 0.15) is 0 Å². The average molecular weight is 1040 g/mol. The number of unbranched alkanes of at least 4 members (excludes halogenated alkanes) is 42. The van der Waals surface area contributed by atoms with Crippen LogP contribution in [0.1, 0.15) is 329 Å². The van der Waals surface area contributed by atoms with Crippen LogP contribution in [0.4, 0.5) is 0 Å². The van der Waals surface area contributed by atoms with Crippen molar-refractivity contribution < 1.29 is 14.4 Å². The molecular formula is C62H134N8O3. The number of carbonyl (C=O) groups excluding carboxylic acids is 3. The van der Waals surface area contributed by atoms with Crippen molar-refractivity contribution in [1.82, 2.24) is 16.0 Å². The summed E-state index contributed by atoms with van der Waals surface area (Å²) in [5, 5.41) is 9.71. The van der Waals surface area contributed by atoms with Gasteiger partial charge < -0.3 is 44.6 Å². The number of hydrogen-bond donors (Lipinski definition) is 8. The summed E-state index contributed by atoms with van der Waals surface area (Å²) in [5.41, 5.74) is 26.0. The number of carbonyl (C=O) groups is 3.